The van der Waals surface area contributed by atoms with Crippen LogP contribution in [0.15, 0.2) is 29.1 Å². The molecule has 0 saturated carbocycles. The van der Waals surface area contributed by atoms with E-state index in [1.165, 1.54) is 19.1 Å². The number of aryl methyl sites for hydroxylation is 1. The van der Waals surface area contributed by atoms with Crippen LogP contribution in [0.25, 0.3) is 0 Å². The third kappa shape index (κ3) is 6.17. The Bertz CT molecular complexity index is 1180. The van der Waals surface area contributed by atoms with Gasteiger partial charge in [-0.25, -0.2) is 9.78 Å². The fraction of sp³-hybridized carbons (Fsp3) is 0.391. The number of ether oxygens (including phenoxy) is 2. The quantitative estimate of drug-likeness (QED) is 0.260. The van der Waals surface area contributed by atoms with Crippen molar-refractivity contribution in [2.45, 2.75) is 31.8 Å². The highest BCUT2D eigenvalue weighted by molar-refractivity contribution is 5.97. The summed E-state index contributed by atoms with van der Waals surface area (Å²) in [7, 11) is 2.43. The van der Waals surface area contributed by atoms with Crippen molar-refractivity contribution in [2.75, 3.05) is 42.8 Å². The predicted molar refractivity (Wildman–Crippen MR) is 130 cm³/mol. The number of methoxy groups -OCH3 is 2. The second-order valence-corrected chi connectivity index (χ2v) is 8.02. The van der Waals surface area contributed by atoms with Gasteiger partial charge in [0.2, 0.25) is 6.41 Å². The molecular formula is C23H28N6O7. The lowest BCUT2D eigenvalue weighted by Gasteiger charge is -2.34. The van der Waals surface area contributed by atoms with E-state index in [2.05, 4.69) is 30.7 Å². The number of nitrogens with zero attached hydrogens (tertiary/aromatic N) is 2. The fourth-order valence-corrected chi connectivity index (χ4v) is 3.72. The number of rotatable bonds is 10. The molecule has 0 aliphatic carbocycles. The minimum atomic E-state index is -1.00. The largest absolute Gasteiger partial charge is 0.469 e. The molecule has 192 valence electrons. The number of benzene rings is 1. The SMILES string of the molecule is COC(=O)CCC(NC(=O)c1ccc(NCC2CNc3nc(C)[nH]c(=O)c3N2C=O)cc1)C(=O)OC. The molecule has 2 unspecified atom stereocenters. The number of amides is 2. The number of esters is 2. The molecule has 3 rings (SSSR count). The van der Waals surface area contributed by atoms with Crippen LogP contribution in [0.2, 0.25) is 0 Å². The molecule has 0 bridgehead atoms. The van der Waals surface area contributed by atoms with Crippen molar-refractivity contribution in [3.05, 3.63) is 46.0 Å². The summed E-state index contributed by atoms with van der Waals surface area (Å²) in [5.41, 5.74) is 0.722. The summed E-state index contributed by atoms with van der Waals surface area (Å²) in [5.74, 6) is -0.887. The zero-order chi connectivity index (χ0) is 26.2. The third-order valence-electron chi connectivity index (χ3n) is 5.63. The number of carbonyl (C=O) groups excluding carboxylic acids is 4. The van der Waals surface area contributed by atoms with Crippen molar-refractivity contribution in [3.8, 4) is 0 Å². The summed E-state index contributed by atoms with van der Waals surface area (Å²) in [6, 6.07) is 5.11. The van der Waals surface area contributed by atoms with Crippen LogP contribution < -0.4 is 26.4 Å². The van der Waals surface area contributed by atoms with E-state index in [1.807, 2.05) is 0 Å². The van der Waals surface area contributed by atoms with Crippen molar-refractivity contribution in [2.24, 2.45) is 0 Å². The summed E-state index contributed by atoms with van der Waals surface area (Å²) < 4.78 is 9.27. The standard InChI is InChI=1S/C23H28N6O7/c1-13-26-20-19(22(33)27-13)29(12-30)16(11-25-20)10-24-15-6-4-14(5-7-15)21(32)28-17(23(34)36-3)8-9-18(31)35-2/h4-7,12,16-17,24H,8-11H2,1-3H3,(H,28,32)(H2,25,26,27,33). The smallest absolute Gasteiger partial charge is 0.328 e. The summed E-state index contributed by atoms with van der Waals surface area (Å²) >= 11 is 0. The van der Waals surface area contributed by atoms with Crippen molar-refractivity contribution in [3.63, 3.8) is 0 Å². The highest BCUT2D eigenvalue weighted by Crippen LogP contribution is 2.25. The normalized spacial score (nSPS) is 15.1. The van der Waals surface area contributed by atoms with E-state index in [0.29, 0.717) is 42.4 Å². The molecule has 1 aliphatic rings. The molecule has 2 amide bonds. The number of aromatic amines is 1. The van der Waals surface area contributed by atoms with Gasteiger partial charge in [-0.3, -0.25) is 19.2 Å². The van der Waals surface area contributed by atoms with Gasteiger partial charge in [-0.2, -0.15) is 0 Å². The molecule has 0 fully saturated rings. The van der Waals surface area contributed by atoms with Crippen LogP contribution in [-0.2, 0) is 23.9 Å². The predicted octanol–water partition coefficient (Wildman–Crippen LogP) is 0.172. The molecule has 2 aromatic rings. The molecule has 36 heavy (non-hydrogen) atoms. The average Bonchev–Trinajstić information content (AvgIpc) is 2.88. The lowest BCUT2D eigenvalue weighted by molar-refractivity contribution is -0.144. The van der Waals surface area contributed by atoms with E-state index < -0.39 is 29.4 Å². The van der Waals surface area contributed by atoms with Crippen molar-refractivity contribution in [1.82, 2.24) is 15.3 Å². The Hall–Kier alpha value is -4.42. The number of anilines is 3. The van der Waals surface area contributed by atoms with Crippen molar-refractivity contribution in [1.29, 1.82) is 0 Å². The van der Waals surface area contributed by atoms with Gasteiger partial charge in [0.15, 0.2) is 11.5 Å². The molecule has 0 spiro atoms. The molecule has 13 nitrogen and oxygen atoms in total. The molecule has 1 aromatic carbocycles. The Morgan fingerprint density at radius 2 is 1.94 bits per heavy atom. The van der Waals surface area contributed by atoms with Gasteiger partial charge in [0.25, 0.3) is 11.5 Å². The maximum atomic E-state index is 12.6. The van der Waals surface area contributed by atoms with E-state index in [9.17, 15) is 24.0 Å². The van der Waals surface area contributed by atoms with E-state index in [-0.39, 0.29) is 24.6 Å². The number of aromatic nitrogens is 2. The number of H-pyrrole nitrogens is 1. The molecule has 0 radical (unpaired) electrons. The Morgan fingerprint density at radius 3 is 2.58 bits per heavy atom. The summed E-state index contributed by atoms with van der Waals surface area (Å²) in [4.78, 5) is 68.3. The second-order valence-electron chi connectivity index (χ2n) is 8.02. The van der Waals surface area contributed by atoms with Gasteiger partial charge in [-0.1, -0.05) is 0 Å². The first-order valence-electron chi connectivity index (χ1n) is 11.1. The molecule has 1 aromatic heterocycles. The zero-order valence-electron chi connectivity index (χ0n) is 20.1. The first-order chi connectivity index (χ1) is 17.3. The van der Waals surface area contributed by atoms with Gasteiger partial charge in [-0.15, -0.1) is 0 Å². The first kappa shape index (κ1) is 26.2. The Kier molecular flexibility index (Phi) is 8.60. The topological polar surface area (TPSA) is 172 Å². The van der Waals surface area contributed by atoms with Crippen LogP contribution in [0.3, 0.4) is 0 Å². The molecule has 4 N–H and O–H groups in total. The van der Waals surface area contributed by atoms with Crippen LogP contribution in [0.5, 0.6) is 0 Å². The number of carbonyl (C=O) groups is 4. The summed E-state index contributed by atoms with van der Waals surface area (Å²) in [6.45, 7) is 2.36. The van der Waals surface area contributed by atoms with Gasteiger partial charge in [-0.05, 0) is 37.6 Å². The number of hydrogen-bond donors (Lipinski definition) is 4. The summed E-state index contributed by atoms with van der Waals surface area (Å²) in [5, 5.41) is 8.83. The van der Waals surface area contributed by atoms with Crippen molar-refractivity contribution < 1.29 is 28.7 Å². The van der Waals surface area contributed by atoms with E-state index >= 15 is 0 Å². The van der Waals surface area contributed by atoms with Crippen LogP contribution in [0.4, 0.5) is 17.2 Å². The van der Waals surface area contributed by atoms with Crippen LogP contribution in [0.1, 0.15) is 29.0 Å². The minimum absolute atomic E-state index is 0.0361. The maximum absolute atomic E-state index is 12.6. The Labute approximate surface area is 206 Å². The van der Waals surface area contributed by atoms with E-state index in [0.717, 1.165) is 0 Å². The van der Waals surface area contributed by atoms with Crippen LogP contribution in [-0.4, -0.2) is 73.6 Å². The fourth-order valence-electron chi connectivity index (χ4n) is 3.72. The number of fused-ring (bicyclic) bond motifs is 1. The second kappa shape index (κ2) is 11.8. The van der Waals surface area contributed by atoms with Gasteiger partial charge in [0.1, 0.15) is 11.9 Å². The Balaban J connectivity index is 1.61. The average molecular weight is 501 g/mol. The Morgan fingerprint density at radius 1 is 1.22 bits per heavy atom. The van der Waals surface area contributed by atoms with Crippen LogP contribution >= 0.6 is 0 Å². The van der Waals surface area contributed by atoms with Crippen molar-refractivity contribution >= 4 is 41.4 Å². The highest BCUT2D eigenvalue weighted by Gasteiger charge is 2.29. The minimum Gasteiger partial charge on any atom is -0.469 e. The van der Waals surface area contributed by atoms with Gasteiger partial charge in [0.05, 0.1) is 20.3 Å². The maximum Gasteiger partial charge on any atom is 0.328 e. The third-order valence-corrected chi connectivity index (χ3v) is 5.63. The first-order valence-corrected chi connectivity index (χ1v) is 11.1. The van der Waals surface area contributed by atoms with E-state index in [4.69, 9.17) is 4.74 Å². The summed E-state index contributed by atoms with van der Waals surface area (Å²) in [6.07, 6.45) is 0.581. The lowest BCUT2D eigenvalue weighted by Crippen LogP contribution is -2.50. The highest BCUT2D eigenvalue weighted by atomic mass is 16.5. The molecular weight excluding hydrogens is 472 g/mol. The zero-order valence-corrected chi connectivity index (χ0v) is 20.1. The molecule has 2 heterocycles. The molecule has 1 aliphatic heterocycles. The molecule has 13 heteroatoms. The molecule has 0 saturated heterocycles. The van der Waals surface area contributed by atoms with Gasteiger partial charge >= 0.3 is 11.9 Å². The van der Waals surface area contributed by atoms with Gasteiger partial charge in [0, 0.05) is 30.8 Å². The number of hydrogen-bond acceptors (Lipinski definition) is 10. The monoisotopic (exact) mass is 500 g/mol. The van der Waals surface area contributed by atoms with E-state index in [1.54, 1.807) is 31.2 Å². The lowest BCUT2D eigenvalue weighted by atomic mass is 10.1. The van der Waals surface area contributed by atoms with Gasteiger partial charge < -0.3 is 35.3 Å². The number of nitrogens with one attached hydrogen (secondary N) is 4. The molecule has 2 atom stereocenters. The van der Waals surface area contributed by atoms with Crippen LogP contribution in [0, 0.1) is 6.92 Å².